The lowest BCUT2D eigenvalue weighted by Crippen LogP contribution is -2.41. The van der Waals surface area contributed by atoms with E-state index in [1.807, 2.05) is 109 Å². The Labute approximate surface area is 281 Å². The first-order valence-corrected chi connectivity index (χ1v) is 16.7. The molecule has 4 aromatic rings. The molecule has 46 heavy (non-hydrogen) atoms. The number of fused-ring (bicyclic) bond motifs is 2. The number of hydrogen-bond acceptors (Lipinski definition) is 4. The molecule has 0 atom stereocenters. The predicted octanol–water partition coefficient (Wildman–Crippen LogP) is 7.46. The summed E-state index contributed by atoms with van der Waals surface area (Å²) in [6, 6.07) is 27.7. The minimum absolute atomic E-state index is 0.0611. The minimum atomic E-state index is -0.429. The van der Waals surface area contributed by atoms with Gasteiger partial charge in [0.15, 0.2) is 0 Å². The highest BCUT2D eigenvalue weighted by Crippen LogP contribution is 2.37. The van der Waals surface area contributed by atoms with Crippen LogP contribution in [0.3, 0.4) is 0 Å². The number of nitrogens with zero attached hydrogens (tertiary/aromatic N) is 2. The SMILES string of the molecule is Cc1c(B2OC(C)(C)C(C)(C)O2)cccc1N1CCc2ccccc2C1=O.Cc1c(Br)cccc1N1CCc2ccccc2C1=O. The molecule has 0 bridgehead atoms. The summed E-state index contributed by atoms with van der Waals surface area (Å²) in [5.41, 5.74) is 8.17. The van der Waals surface area contributed by atoms with Gasteiger partial charge in [-0.1, -0.05) is 70.5 Å². The van der Waals surface area contributed by atoms with Gasteiger partial charge in [-0.3, -0.25) is 9.59 Å². The minimum Gasteiger partial charge on any atom is -0.399 e. The Balaban J connectivity index is 0.000000172. The second-order valence-electron chi connectivity index (χ2n) is 13.2. The summed E-state index contributed by atoms with van der Waals surface area (Å²) in [5.74, 6) is 0.161. The van der Waals surface area contributed by atoms with E-state index in [4.69, 9.17) is 9.31 Å². The van der Waals surface area contributed by atoms with Crippen molar-refractivity contribution in [1.29, 1.82) is 0 Å². The van der Waals surface area contributed by atoms with Gasteiger partial charge in [-0.15, -0.1) is 0 Å². The third-order valence-corrected chi connectivity index (χ3v) is 10.7. The van der Waals surface area contributed by atoms with Gasteiger partial charge in [0.1, 0.15) is 0 Å². The fraction of sp³-hybridized carbons (Fsp3) is 0.316. The van der Waals surface area contributed by atoms with Crippen molar-refractivity contribution in [3.8, 4) is 0 Å². The molecule has 6 nitrogen and oxygen atoms in total. The molecule has 0 aliphatic carbocycles. The van der Waals surface area contributed by atoms with E-state index in [0.29, 0.717) is 6.54 Å². The van der Waals surface area contributed by atoms with Crippen LogP contribution in [0.2, 0.25) is 0 Å². The summed E-state index contributed by atoms with van der Waals surface area (Å²) >= 11 is 3.53. The molecule has 3 heterocycles. The zero-order valence-corrected chi connectivity index (χ0v) is 29.0. The van der Waals surface area contributed by atoms with E-state index in [1.54, 1.807) is 0 Å². The molecular weight excluding hydrogens is 639 g/mol. The van der Waals surface area contributed by atoms with Gasteiger partial charge in [-0.05, 0) is 112 Å². The van der Waals surface area contributed by atoms with E-state index in [2.05, 4.69) is 43.6 Å². The number of rotatable bonds is 3. The average Bonchev–Trinajstić information content (AvgIpc) is 3.26. The molecule has 0 spiro atoms. The summed E-state index contributed by atoms with van der Waals surface area (Å²) in [6.07, 6.45) is 1.77. The van der Waals surface area contributed by atoms with Crippen LogP contribution in [0.25, 0.3) is 0 Å². The molecule has 0 saturated carbocycles. The fourth-order valence-corrected chi connectivity index (χ4v) is 6.71. The van der Waals surface area contributed by atoms with Crippen LogP contribution in [0.4, 0.5) is 11.4 Å². The second-order valence-corrected chi connectivity index (χ2v) is 14.0. The van der Waals surface area contributed by atoms with Crippen LogP contribution < -0.4 is 15.3 Å². The van der Waals surface area contributed by atoms with Crippen molar-refractivity contribution in [2.45, 2.75) is 65.6 Å². The molecule has 3 aliphatic heterocycles. The van der Waals surface area contributed by atoms with Gasteiger partial charge in [0.05, 0.1) is 11.2 Å². The molecule has 4 aromatic carbocycles. The van der Waals surface area contributed by atoms with Crippen molar-refractivity contribution in [2.24, 2.45) is 0 Å². The third-order valence-electron chi connectivity index (χ3n) is 9.87. The van der Waals surface area contributed by atoms with Crippen molar-refractivity contribution in [3.05, 3.63) is 123 Å². The Hall–Kier alpha value is -3.72. The summed E-state index contributed by atoms with van der Waals surface area (Å²) in [4.78, 5) is 29.4. The van der Waals surface area contributed by atoms with Crippen molar-refractivity contribution < 1.29 is 18.9 Å². The number of carbonyl (C=O) groups excluding carboxylic acids is 2. The van der Waals surface area contributed by atoms with Gasteiger partial charge in [0, 0.05) is 40.1 Å². The van der Waals surface area contributed by atoms with Crippen molar-refractivity contribution in [1.82, 2.24) is 0 Å². The molecule has 0 N–H and O–H groups in total. The van der Waals surface area contributed by atoms with Gasteiger partial charge < -0.3 is 19.1 Å². The maximum absolute atomic E-state index is 13.1. The zero-order valence-electron chi connectivity index (χ0n) is 27.4. The number of amides is 2. The summed E-state index contributed by atoms with van der Waals surface area (Å²) < 4.78 is 13.5. The first kappa shape index (κ1) is 32.2. The highest BCUT2D eigenvalue weighted by atomic mass is 79.9. The van der Waals surface area contributed by atoms with Crippen LogP contribution in [0.1, 0.15) is 70.7 Å². The maximum atomic E-state index is 13.1. The first-order valence-electron chi connectivity index (χ1n) is 15.9. The molecular formula is C38H40BBrN2O4. The summed E-state index contributed by atoms with van der Waals surface area (Å²) in [6.45, 7) is 13.7. The number of halogens is 1. The lowest BCUT2D eigenvalue weighted by molar-refractivity contribution is 0.00578. The third kappa shape index (κ3) is 5.83. The summed E-state index contributed by atoms with van der Waals surface area (Å²) in [5, 5.41) is 0. The molecule has 3 aliphatic rings. The van der Waals surface area contributed by atoms with E-state index in [9.17, 15) is 9.59 Å². The van der Waals surface area contributed by atoms with Crippen LogP contribution in [0, 0.1) is 13.8 Å². The molecule has 2 amide bonds. The van der Waals surface area contributed by atoms with Gasteiger partial charge in [0.2, 0.25) is 0 Å². The molecule has 0 radical (unpaired) electrons. The topological polar surface area (TPSA) is 59.1 Å². The lowest BCUT2D eigenvalue weighted by atomic mass is 9.75. The molecule has 236 valence electrons. The second kappa shape index (κ2) is 12.5. The predicted molar refractivity (Wildman–Crippen MR) is 189 cm³/mol. The number of anilines is 2. The van der Waals surface area contributed by atoms with E-state index in [-0.39, 0.29) is 23.0 Å². The van der Waals surface area contributed by atoms with Gasteiger partial charge >= 0.3 is 7.12 Å². The van der Waals surface area contributed by atoms with Gasteiger partial charge in [-0.2, -0.15) is 0 Å². The fourth-order valence-electron chi connectivity index (χ4n) is 6.36. The largest absolute Gasteiger partial charge is 0.495 e. The van der Waals surface area contributed by atoms with Crippen LogP contribution >= 0.6 is 15.9 Å². The van der Waals surface area contributed by atoms with E-state index in [0.717, 1.165) is 74.1 Å². The number of benzene rings is 4. The highest BCUT2D eigenvalue weighted by Gasteiger charge is 2.52. The first-order chi connectivity index (χ1) is 21.9. The molecule has 7 rings (SSSR count). The molecule has 0 aromatic heterocycles. The average molecular weight is 679 g/mol. The van der Waals surface area contributed by atoms with Crippen LogP contribution in [-0.2, 0) is 22.2 Å². The van der Waals surface area contributed by atoms with Crippen LogP contribution in [0.5, 0.6) is 0 Å². The molecule has 0 unspecified atom stereocenters. The van der Waals surface area contributed by atoms with E-state index in [1.165, 1.54) is 0 Å². The summed E-state index contributed by atoms with van der Waals surface area (Å²) in [7, 11) is -0.429. The van der Waals surface area contributed by atoms with Crippen LogP contribution in [-0.4, -0.2) is 43.2 Å². The molecule has 1 saturated heterocycles. The monoisotopic (exact) mass is 678 g/mol. The van der Waals surface area contributed by atoms with Crippen LogP contribution in [0.15, 0.2) is 89.4 Å². The lowest BCUT2D eigenvalue weighted by Gasteiger charge is -2.32. The zero-order chi connectivity index (χ0) is 32.8. The van der Waals surface area contributed by atoms with Crippen molar-refractivity contribution in [2.75, 3.05) is 22.9 Å². The Kier molecular flexibility index (Phi) is 8.74. The Morgan fingerprint density at radius 2 is 1.09 bits per heavy atom. The number of carbonyl (C=O) groups is 2. The normalized spacial score (nSPS) is 18.1. The molecule has 1 fully saturated rings. The highest BCUT2D eigenvalue weighted by molar-refractivity contribution is 9.10. The molecule has 8 heteroatoms. The van der Waals surface area contributed by atoms with Crippen molar-refractivity contribution >= 4 is 51.7 Å². The quantitative estimate of drug-likeness (QED) is 0.211. The maximum Gasteiger partial charge on any atom is 0.495 e. The van der Waals surface area contributed by atoms with Gasteiger partial charge in [0.25, 0.3) is 11.8 Å². The number of hydrogen-bond donors (Lipinski definition) is 0. The van der Waals surface area contributed by atoms with E-state index < -0.39 is 7.12 Å². The Morgan fingerprint density at radius 3 is 1.61 bits per heavy atom. The Morgan fingerprint density at radius 1 is 0.630 bits per heavy atom. The van der Waals surface area contributed by atoms with Gasteiger partial charge in [-0.25, -0.2) is 0 Å². The smallest absolute Gasteiger partial charge is 0.399 e. The Bertz CT molecular complexity index is 1800. The van der Waals surface area contributed by atoms with Crippen molar-refractivity contribution in [3.63, 3.8) is 0 Å². The standard InChI is InChI=1S/C22H26BNO3.C16H14BrNO/c1-15-18(23-26-21(2,3)22(4,5)27-23)11-8-12-19(15)24-14-13-16-9-6-7-10-17(16)20(24)25;1-11-14(17)7-4-8-15(11)18-10-9-12-5-2-3-6-13(12)16(18)19/h6-12H,13-14H2,1-5H3;2-8H,9-10H2,1H3. The van der Waals surface area contributed by atoms with E-state index >= 15 is 0 Å².